The molecule has 0 N–H and O–H groups in total. The van der Waals surface area contributed by atoms with E-state index in [1.165, 1.54) is 11.1 Å². The lowest BCUT2D eigenvalue weighted by molar-refractivity contribution is 0.360. The van der Waals surface area contributed by atoms with Gasteiger partial charge in [-0.05, 0) is 47.0 Å². The summed E-state index contributed by atoms with van der Waals surface area (Å²) < 4.78 is 18.4. The molecule has 142 valence electrons. The smallest absolute Gasteiger partial charge is 0.212 e. The van der Waals surface area contributed by atoms with E-state index in [1.54, 1.807) is 7.11 Å². The zero-order valence-corrected chi connectivity index (χ0v) is 16.1. The van der Waals surface area contributed by atoms with Gasteiger partial charge in [0, 0.05) is 12.0 Å². The fourth-order valence-corrected chi connectivity index (χ4v) is 3.77. The number of benzene rings is 4. The third-order valence-electron chi connectivity index (χ3n) is 5.13. The Morgan fingerprint density at radius 2 is 1.21 bits per heavy atom. The second-order valence-electron chi connectivity index (χ2n) is 6.93. The van der Waals surface area contributed by atoms with Crippen LogP contribution in [0.3, 0.4) is 0 Å². The highest BCUT2D eigenvalue weighted by Gasteiger charge is 2.28. The first kappa shape index (κ1) is 17.4. The average molecular weight is 380 g/mol. The van der Waals surface area contributed by atoms with Crippen molar-refractivity contribution in [1.29, 1.82) is 0 Å². The quantitative estimate of drug-likeness (QED) is 0.334. The summed E-state index contributed by atoms with van der Waals surface area (Å²) in [4.78, 5) is 0. The van der Waals surface area contributed by atoms with Gasteiger partial charge in [-0.1, -0.05) is 60.7 Å². The van der Waals surface area contributed by atoms with Crippen LogP contribution < -0.4 is 14.2 Å². The predicted molar refractivity (Wildman–Crippen MR) is 114 cm³/mol. The highest BCUT2D eigenvalue weighted by Crippen LogP contribution is 2.52. The second-order valence-corrected chi connectivity index (χ2v) is 6.93. The summed E-state index contributed by atoms with van der Waals surface area (Å²) in [5.74, 6) is 3.44. The van der Waals surface area contributed by atoms with Crippen LogP contribution >= 0.6 is 0 Å². The Bertz CT molecular complexity index is 1150. The van der Waals surface area contributed by atoms with Gasteiger partial charge in [0.25, 0.3) is 0 Å². The average Bonchev–Trinajstić information content (AvgIpc) is 3.15. The molecular formula is C26H20O3. The van der Waals surface area contributed by atoms with Crippen LogP contribution in [-0.2, 0) is 6.42 Å². The van der Waals surface area contributed by atoms with E-state index in [0.29, 0.717) is 17.2 Å². The van der Waals surface area contributed by atoms with Crippen LogP contribution in [0, 0.1) is 0 Å². The van der Waals surface area contributed by atoms with Gasteiger partial charge < -0.3 is 14.2 Å². The minimum atomic E-state index is 0.592. The molecule has 3 heteroatoms. The molecule has 4 aromatic carbocycles. The van der Waals surface area contributed by atoms with Crippen molar-refractivity contribution in [3.63, 3.8) is 0 Å². The fourth-order valence-electron chi connectivity index (χ4n) is 3.77. The van der Waals surface area contributed by atoms with Gasteiger partial charge in [0.15, 0.2) is 11.5 Å². The molecule has 0 amide bonds. The molecule has 0 unspecified atom stereocenters. The van der Waals surface area contributed by atoms with Gasteiger partial charge in [-0.2, -0.15) is 0 Å². The molecule has 0 atom stereocenters. The van der Waals surface area contributed by atoms with Crippen LogP contribution in [0.2, 0.25) is 0 Å². The Kier molecular flexibility index (Phi) is 4.41. The molecular weight excluding hydrogens is 360 g/mol. The Hall–Kier alpha value is -3.72. The van der Waals surface area contributed by atoms with Crippen LogP contribution in [0.5, 0.6) is 28.7 Å². The lowest BCUT2D eigenvalue weighted by atomic mass is 10.0. The van der Waals surface area contributed by atoms with Crippen molar-refractivity contribution in [2.24, 2.45) is 0 Å². The van der Waals surface area contributed by atoms with Gasteiger partial charge in [-0.15, -0.1) is 0 Å². The maximum Gasteiger partial charge on any atom is 0.212 e. The first-order valence-corrected chi connectivity index (χ1v) is 9.61. The highest BCUT2D eigenvalue weighted by atomic mass is 16.5. The van der Waals surface area contributed by atoms with Crippen molar-refractivity contribution >= 4 is 0 Å². The molecule has 29 heavy (non-hydrogen) atoms. The Labute approximate surface area is 170 Å². The number of para-hydroxylation sites is 2. The molecule has 1 aliphatic rings. The zero-order valence-electron chi connectivity index (χ0n) is 16.1. The normalized spacial score (nSPS) is 11.5. The third kappa shape index (κ3) is 3.21. The van der Waals surface area contributed by atoms with E-state index in [9.17, 15) is 0 Å². The Balaban J connectivity index is 1.70. The van der Waals surface area contributed by atoms with Crippen molar-refractivity contribution in [1.82, 2.24) is 0 Å². The first-order valence-electron chi connectivity index (χ1n) is 9.61. The molecule has 0 heterocycles. The predicted octanol–water partition coefficient (Wildman–Crippen LogP) is 6.85. The minimum Gasteiger partial charge on any atom is -0.493 e. The van der Waals surface area contributed by atoms with Gasteiger partial charge in [0.1, 0.15) is 11.5 Å². The maximum absolute atomic E-state index is 6.39. The molecule has 0 saturated carbocycles. The highest BCUT2D eigenvalue weighted by molar-refractivity contribution is 5.83. The van der Waals surface area contributed by atoms with E-state index in [1.807, 2.05) is 60.7 Å². The SMILES string of the molecule is COc1cc2c(c(Oc3ccccc3)c1Oc1ccccc1)Cc1ccccc1-2. The monoisotopic (exact) mass is 380 g/mol. The van der Waals surface area contributed by atoms with Crippen LogP contribution in [0.1, 0.15) is 11.1 Å². The van der Waals surface area contributed by atoms with E-state index in [2.05, 4.69) is 30.3 Å². The Morgan fingerprint density at radius 1 is 0.621 bits per heavy atom. The largest absolute Gasteiger partial charge is 0.493 e. The molecule has 1 aliphatic carbocycles. The van der Waals surface area contributed by atoms with E-state index < -0.39 is 0 Å². The lowest BCUT2D eigenvalue weighted by Gasteiger charge is -2.19. The van der Waals surface area contributed by atoms with Crippen LogP contribution in [0.25, 0.3) is 11.1 Å². The van der Waals surface area contributed by atoms with Crippen molar-refractivity contribution in [2.45, 2.75) is 6.42 Å². The zero-order chi connectivity index (χ0) is 19.6. The number of fused-ring (bicyclic) bond motifs is 3. The molecule has 0 spiro atoms. The summed E-state index contributed by atoms with van der Waals surface area (Å²) in [6.45, 7) is 0. The number of hydrogen-bond acceptors (Lipinski definition) is 3. The van der Waals surface area contributed by atoms with Crippen LogP contribution in [-0.4, -0.2) is 7.11 Å². The van der Waals surface area contributed by atoms with E-state index >= 15 is 0 Å². The third-order valence-corrected chi connectivity index (χ3v) is 5.13. The minimum absolute atomic E-state index is 0.592. The summed E-state index contributed by atoms with van der Waals surface area (Å²) in [5.41, 5.74) is 4.73. The summed E-state index contributed by atoms with van der Waals surface area (Å²) in [5, 5.41) is 0. The standard InChI is InChI=1S/C26H20O3/c1-27-24-17-22-21-15-9-8-10-18(21)16-23(22)25(28-19-11-4-2-5-12-19)26(24)29-20-13-6-3-7-14-20/h2-15,17H,16H2,1H3. The summed E-state index contributed by atoms with van der Waals surface area (Å²) in [6, 6.07) is 30.0. The van der Waals surface area contributed by atoms with E-state index in [0.717, 1.165) is 29.0 Å². The van der Waals surface area contributed by atoms with Crippen molar-refractivity contribution in [3.8, 4) is 39.9 Å². The lowest BCUT2D eigenvalue weighted by Crippen LogP contribution is -1.98. The number of rotatable bonds is 5. The van der Waals surface area contributed by atoms with Gasteiger partial charge in [0.05, 0.1) is 7.11 Å². The number of methoxy groups -OCH3 is 1. The summed E-state index contributed by atoms with van der Waals surface area (Å²) in [7, 11) is 1.66. The number of ether oxygens (including phenoxy) is 3. The van der Waals surface area contributed by atoms with Crippen molar-refractivity contribution in [2.75, 3.05) is 7.11 Å². The molecule has 0 radical (unpaired) electrons. The van der Waals surface area contributed by atoms with Crippen molar-refractivity contribution < 1.29 is 14.2 Å². The molecule has 4 aromatic rings. The maximum atomic E-state index is 6.39. The second kappa shape index (κ2) is 7.36. The Morgan fingerprint density at radius 3 is 1.86 bits per heavy atom. The summed E-state index contributed by atoms with van der Waals surface area (Å²) >= 11 is 0. The van der Waals surface area contributed by atoms with Gasteiger partial charge in [-0.25, -0.2) is 0 Å². The van der Waals surface area contributed by atoms with Crippen LogP contribution in [0.15, 0.2) is 91.0 Å². The number of hydrogen-bond donors (Lipinski definition) is 0. The van der Waals surface area contributed by atoms with Crippen LogP contribution in [0.4, 0.5) is 0 Å². The molecule has 5 rings (SSSR count). The molecule has 0 aliphatic heterocycles. The van der Waals surface area contributed by atoms with Gasteiger partial charge in [0.2, 0.25) is 5.75 Å². The van der Waals surface area contributed by atoms with E-state index in [4.69, 9.17) is 14.2 Å². The molecule has 0 bridgehead atoms. The molecule has 0 aromatic heterocycles. The fraction of sp³-hybridized carbons (Fsp3) is 0.0769. The topological polar surface area (TPSA) is 27.7 Å². The van der Waals surface area contributed by atoms with Gasteiger partial charge >= 0.3 is 0 Å². The van der Waals surface area contributed by atoms with Crippen molar-refractivity contribution in [3.05, 3.63) is 102 Å². The molecule has 0 saturated heterocycles. The van der Waals surface area contributed by atoms with E-state index in [-0.39, 0.29) is 0 Å². The molecule has 0 fully saturated rings. The summed E-state index contributed by atoms with van der Waals surface area (Å²) in [6.07, 6.45) is 0.794. The molecule has 3 nitrogen and oxygen atoms in total. The first-order chi connectivity index (χ1) is 14.3. The van der Waals surface area contributed by atoms with Gasteiger partial charge in [-0.3, -0.25) is 0 Å².